The molecule has 0 aliphatic carbocycles. The van der Waals surface area contributed by atoms with Gasteiger partial charge in [-0.25, -0.2) is 8.42 Å². The number of halogens is 1. The third-order valence-corrected chi connectivity index (χ3v) is 3.98. The Labute approximate surface area is 113 Å². The summed E-state index contributed by atoms with van der Waals surface area (Å²) in [5.74, 6) is 0.210. The van der Waals surface area contributed by atoms with Crippen molar-refractivity contribution in [1.82, 2.24) is 0 Å². The molecule has 0 heterocycles. The lowest BCUT2D eigenvalue weighted by atomic mass is 10.1. The summed E-state index contributed by atoms with van der Waals surface area (Å²) in [4.78, 5) is 0.139. The SMILES string of the molecule is COc1c(Cl)cc(CCCCN)cc1S(C)(=O)=O. The molecule has 6 heteroatoms. The highest BCUT2D eigenvalue weighted by Gasteiger charge is 2.18. The van der Waals surface area contributed by atoms with Crippen molar-refractivity contribution in [2.45, 2.75) is 24.2 Å². The van der Waals surface area contributed by atoms with Gasteiger partial charge in [0.15, 0.2) is 15.6 Å². The maximum Gasteiger partial charge on any atom is 0.179 e. The first-order valence-electron chi connectivity index (χ1n) is 5.66. The number of hydrogen-bond acceptors (Lipinski definition) is 4. The molecular formula is C12H18ClNO3S. The van der Waals surface area contributed by atoms with E-state index in [2.05, 4.69) is 0 Å². The molecule has 0 atom stereocenters. The minimum atomic E-state index is -3.36. The Bertz CT molecular complexity index is 514. The molecule has 18 heavy (non-hydrogen) atoms. The van der Waals surface area contributed by atoms with Crippen molar-refractivity contribution >= 4 is 21.4 Å². The van der Waals surface area contributed by atoms with E-state index in [-0.39, 0.29) is 10.6 Å². The van der Waals surface area contributed by atoms with Gasteiger partial charge >= 0.3 is 0 Å². The molecule has 0 amide bonds. The maximum atomic E-state index is 11.7. The zero-order chi connectivity index (χ0) is 13.8. The second-order valence-electron chi connectivity index (χ2n) is 4.13. The Balaban J connectivity index is 3.15. The number of rotatable bonds is 6. The van der Waals surface area contributed by atoms with Crippen LogP contribution in [0.3, 0.4) is 0 Å². The van der Waals surface area contributed by atoms with Gasteiger partial charge in [0.05, 0.1) is 12.1 Å². The lowest BCUT2D eigenvalue weighted by Gasteiger charge is -2.11. The van der Waals surface area contributed by atoms with Gasteiger partial charge in [-0.2, -0.15) is 0 Å². The van der Waals surface area contributed by atoms with E-state index in [0.29, 0.717) is 11.6 Å². The second-order valence-corrected chi connectivity index (χ2v) is 6.52. The first kappa shape index (κ1) is 15.3. The third-order valence-electron chi connectivity index (χ3n) is 2.59. The molecule has 0 fully saturated rings. The first-order valence-corrected chi connectivity index (χ1v) is 7.93. The van der Waals surface area contributed by atoms with Crippen LogP contribution in [0.15, 0.2) is 17.0 Å². The normalized spacial score (nSPS) is 11.6. The van der Waals surface area contributed by atoms with E-state index in [1.165, 1.54) is 7.11 Å². The lowest BCUT2D eigenvalue weighted by Crippen LogP contribution is -2.03. The third kappa shape index (κ3) is 3.86. The number of unbranched alkanes of at least 4 members (excludes halogenated alkanes) is 1. The van der Waals surface area contributed by atoms with Gasteiger partial charge < -0.3 is 10.5 Å². The zero-order valence-electron chi connectivity index (χ0n) is 10.6. The largest absolute Gasteiger partial charge is 0.494 e. The highest BCUT2D eigenvalue weighted by atomic mass is 35.5. The average molecular weight is 292 g/mol. The van der Waals surface area contributed by atoms with Crippen LogP contribution in [0.1, 0.15) is 18.4 Å². The molecule has 1 aromatic rings. The minimum absolute atomic E-state index is 0.139. The van der Waals surface area contributed by atoms with Crippen LogP contribution < -0.4 is 10.5 Å². The van der Waals surface area contributed by atoms with Crippen LogP contribution >= 0.6 is 11.6 Å². The lowest BCUT2D eigenvalue weighted by molar-refractivity contribution is 0.403. The van der Waals surface area contributed by atoms with Crippen LogP contribution in [-0.2, 0) is 16.3 Å². The van der Waals surface area contributed by atoms with Crippen molar-refractivity contribution in [2.75, 3.05) is 19.9 Å². The molecule has 0 saturated heterocycles. The second kappa shape index (κ2) is 6.41. The Kier molecular flexibility index (Phi) is 5.44. The van der Waals surface area contributed by atoms with Crippen molar-refractivity contribution in [3.8, 4) is 5.75 Å². The van der Waals surface area contributed by atoms with Crippen molar-refractivity contribution in [1.29, 1.82) is 0 Å². The van der Waals surface area contributed by atoms with Gasteiger partial charge in [-0.05, 0) is 43.5 Å². The number of aryl methyl sites for hydroxylation is 1. The summed E-state index contributed by atoms with van der Waals surface area (Å²) in [7, 11) is -1.95. The fourth-order valence-corrected chi connectivity index (χ4v) is 2.98. The predicted molar refractivity (Wildman–Crippen MR) is 73.1 cm³/mol. The molecule has 0 radical (unpaired) electrons. The first-order chi connectivity index (χ1) is 8.40. The summed E-state index contributed by atoms with van der Waals surface area (Å²) in [5.41, 5.74) is 6.31. The molecular weight excluding hydrogens is 274 g/mol. The predicted octanol–water partition coefficient (Wildman–Crippen LogP) is 2.03. The highest BCUT2D eigenvalue weighted by Crippen LogP contribution is 2.33. The van der Waals surface area contributed by atoms with E-state index >= 15 is 0 Å². The monoisotopic (exact) mass is 291 g/mol. The van der Waals surface area contributed by atoms with E-state index in [9.17, 15) is 8.42 Å². The van der Waals surface area contributed by atoms with Crippen LogP contribution in [0.4, 0.5) is 0 Å². The van der Waals surface area contributed by atoms with Crippen molar-refractivity contribution in [3.05, 3.63) is 22.7 Å². The topological polar surface area (TPSA) is 69.4 Å². The smallest absolute Gasteiger partial charge is 0.179 e. The van der Waals surface area contributed by atoms with Crippen LogP contribution in [0, 0.1) is 0 Å². The summed E-state index contributed by atoms with van der Waals surface area (Å²) in [6.45, 7) is 0.628. The van der Waals surface area contributed by atoms with Gasteiger partial charge in [-0.1, -0.05) is 11.6 Å². The van der Waals surface area contributed by atoms with Gasteiger partial charge in [0.2, 0.25) is 0 Å². The number of methoxy groups -OCH3 is 1. The molecule has 0 aliphatic heterocycles. The van der Waals surface area contributed by atoms with Crippen molar-refractivity contribution < 1.29 is 13.2 Å². The van der Waals surface area contributed by atoms with Crippen LogP contribution in [-0.4, -0.2) is 28.3 Å². The van der Waals surface area contributed by atoms with Crippen LogP contribution in [0.25, 0.3) is 0 Å². The molecule has 0 aromatic heterocycles. The Hall–Kier alpha value is -0.780. The van der Waals surface area contributed by atoms with Gasteiger partial charge in [0.1, 0.15) is 4.90 Å². The van der Waals surface area contributed by atoms with Gasteiger partial charge in [0.25, 0.3) is 0 Å². The van der Waals surface area contributed by atoms with Crippen molar-refractivity contribution in [2.24, 2.45) is 5.73 Å². The summed E-state index contributed by atoms with van der Waals surface area (Å²) in [5, 5.41) is 0.322. The number of sulfone groups is 1. The number of ether oxygens (including phenoxy) is 1. The fourth-order valence-electron chi connectivity index (χ4n) is 1.71. The number of benzene rings is 1. The molecule has 102 valence electrons. The molecule has 1 aromatic carbocycles. The highest BCUT2D eigenvalue weighted by molar-refractivity contribution is 7.90. The molecule has 0 saturated carbocycles. The Morgan fingerprint density at radius 2 is 2.00 bits per heavy atom. The maximum absolute atomic E-state index is 11.7. The zero-order valence-corrected chi connectivity index (χ0v) is 12.1. The van der Waals surface area contributed by atoms with E-state index in [0.717, 1.165) is 31.1 Å². The van der Waals surface area contributed by atoms with E-state index in [1.54, 1.807) is 12.1 Å². The van der Waals surface area contributed by atoms with Gasteiger partial charge in [-0.15, -0.1) is 0 Å². The molecule has 0 unspecified atom stereocenters. The van der Waals surface area contributed by atoms with Gasteiger partial charge in [-0.3, -0.25) is 0 Å². The van der Waals surface area contributed by atoms with Crippen LogP contribution in [0.5, 0.6) is 5.75 Å². The molecule has 0 aliphatic rings. The molecule has 2 N–H and O–H groups in total. The fraction of sp³-hybridized carbons (Fsp3) is 0.500. The molecule has 4 nitrogen and oxygen atoms in total. The summed E-state index contributed by atoms with van der Waals surface area (Å²) in [6, 6.07) is 3.36. The quantitative estimate of drug-likeness (QED) is 0.814. The van der Waals surface area contributed by atoms with Crippen LogP contribution in [0.2, 0.25) is 5.02 Å². The average Bonchev–Trinajstić information content (AvgIpc) is 2.27. The molecule has 0 bridgehead atoms. The van der Waals surface area contributed by atoms with E-state index in [1.807, 2.05) is 0 Å². The Morgan fingerprint density at radius 3 is 2.50 bits per heavy atom. The van der Waals surface area contributed by atoms with Gasteiger partial charge in [0, 0.05) is 6.26 Å². The van der Waals surface area contributed by atoms with E-state index in [4.69, 9.17) is 22.1 Å². The summed E-state index contributed by atoms with van der Waals surface area (Å²) >= 11 is 6.04. The Morgan fingerprint density at radius 1 is 1.33 bits per heavy atom. The molecule has 0 spiro atoms. The molecule has 1 rings (SSSR count). The van der Waals surface area contributed by atoms with E-state index < -0.39 is 9.84 Å². The summed E-state index contributed by atoms with van der Waals surface area (Å²) < 4.78 is 28.4. The summed E-state index contributed by atoms with van der Waals surface area (Å²) in [6.07, 6.45) is 3.70. The standard InChI is InChI=1S/C12H18ClNO3S/c1-17-12-10(13)7-9(5-3-4-6-14)8-11(12)18(2,15)16/h7-8H,3-6,14H2,1-2H3. The van der Waals surface area contributed by atoms with Crippen molar-refractivity contribution in [3.63, 3.8) is 0 Å². The number of nitrogens with two attached hydrogens (primary N) is 1. The number of hydrogen-bond donors (Lipinski definition) is 1. The minimum Gasteiger partial charge on any atom is -0.494 e.